The lowest BCUT2D eigenvalue weighted by Gasteiger charge is -2.07. The molecule has 3 N–H and O–H groups in total. The predicted molar refractivity (Wildman–Crippen MR) is 58.8 cm³/mol. The highest BCUT2D eigenvalue weighted by Gasteiger charge is 2.12. The molecule has 0 aliphatic carbocycles. The summed E-state index contributed by atoms with van der Waals surface area (Å²) in [6, 6.07) is 11.1. The largest absolute Gasteiger partial charge is 0.478 e. The maximum absolute atomic E-state index is 11.1. The fraction of sp³-hybridized carbons (Fsp3) is 0.0833. The second kappa shape index (κ2) is 3.71. The van der Waals surface area contributed by atoms with Gasteiger partial charge in [0.05, 0.1) is 5.56 Å². The van der Waals surface area contributed by atoms with Crippen molar-refractivity contribution in [3.63, 3.8) is 0 Å². The fourth-order valence-electron chi connectivity index (χ4n) is 1.74. The molecule has 0 aliphatic rings. The van der Waals surface area contributed by atoms with Gasteiger partial charge in [-0.25, -0.2) is 4.79 Å². The van der Waals surface area contributed by atoms with Crippen molar-refractivity contribution in [2.24, 2.45) is 5.73 Å². The molecule has 0 saturated heterocycles. The number of benzene rings is 2. The lowest BCUT2D eigenvalue weighted by atomic mass is 9.99. The summed E-state index contributed by atoms with van der Waals surface area (Å²) in [4.78, 5) is 11.1. The lowest BCUT2D eigenvalue weighted by molar-refractivity contribution is 0.0698. The number of hydrogen-bond acceptors (Lipinski definition) is 2. The highest BCUT2D eigenvalue weighted by atomic mass is 16.4. The van der Waals surface area contributed by atoms with E-state index >= 15 is 0 Å². The topological polar surface area (TPSA) is 63.3 Å². The molecule has 2 aromatic carbocycles. The molecular weight excluding hydrogens is 190 g/mol. The Morgan fingerprint density at radius 2 is 1.93 bits per heavy atom. The molecule has 0 amide bonds. The third kappa shape index (κ3) is 1.57. The number of fused-ring (bicyclic) bond motifs is 1. The van der Waals surface area contributed by atoms with Crippen LogP contribution in [0.3, 0.4) is 0 Å². The smallest absolute Gasteiger partial charge is 0.336 e. The van der Waals surface area contributed by atoms with E-state index in [0.717, 1.165) is 10.8 Å². The minimum absolute atomic E-state index is 0.243. The monoisotopic (exact) mass is 201 g/mol. The molecule has 0 fully saturated rings. The van der Waals surface area contributed by atoms with Crippen LogP contribution in [0.25, 0.3) is 10.8 Å². The van der Waals surface area contributed by atoms with E-state index in [2.05, 4.69) is 0 Å². The van der Waals surface area contributed by atoms with Crippen molar-refractivity contribution in [2.75, 3.05) is 0 Å². The molecule has 0 bridgehead atoms. The number of carboxylic acid groups (broad SMARTS) is 1. The molecular formula is C12H11NO2. The number of aromatic carboxylic acids is 1. The van der Waals surface area contributed by atoms with Crippen LogP contribution in [0.5, 0.6) is 0 Å². The summed E-state index contributed by atoms with van der Waals surface area (Å²) in [6.45, 7) is 0.243. The average Bonchev–Trinajstić information content (AvgIpc) is 2.27. The average molecular weight is 201 g/mol. The quantitative estimate of drug-likeness (QED) is 0.781. The molecule has 2 rings (SSSR count). The van der Waals surface area contributed by atoms with Crippen molar-refractivity contribution in [1.29, 1.82) is 0 Å². The molecule has 0 aromatic heterocycles. The maximum atomic E-state index is 11.1. The minimum Gasteiger partial charge on any atom is -0.478 e. The molecule has 0 radical (unpaired) electrons. The number of carboxylic acids is 1. The van der Waals surface area contributed by atoms with E-state index in [1.165, 1.54) is 0 Å². The van der Waals surface area contributed by atoms with Crippen molar-refractivity contribution < 1.29 is 9.90 Å². The van der Waals surface area contributed by atoms with E-state index in [1.54, 1.807) is 12.1 Å². The van der Waals surface area contributed by atoms with Gasteiger partial charge in [0.15, 0.2) is 0 Å². The molecule has 15 heavy (non-hydrogen) atoms. The molecule has 3 nitrogen and oxygen atoms in total. The second-order valence-electron chi connectivity index (χ2n) is 3.33. The van der Waals surface area contributed by atoms with E-state index < -0.39 is 5.97 Å². The Kier molecular flexibility index (Phi) is 2.39. The van der Waals surface area contributed by atoms with E-state index in [9.17, 15) is 4.79 Å². The molecule has 0 aliphatic heterocycles. The first-order valence-corrected chi connectivity index (χ1v) is 4.68. The summed E-state index contributed by atoms with van der Waals surface area (Å²) in [5.74, 6) is -0.924. The van der Waals surface area contributed by atoms with Gasteiger partial charge >= 0.3 is 5.97 Å². The molecule has 0 heterocycles. The SMILES string of the molecule is NCc1ccc2ccccc2c1C(=O)O. The maximum Gasteiger partial charge on any atom is 0.336 e. The normalized spacial score (nSPS) is 10.5. The van der Waals surface area contributed by atoms with Crippen molar-refractivity contribution in [2.45, 2.75) is 6.54 Å². The number of hydrogen-bond donors (Lipinski definition) is 2. The fourth-order valence-corrected chi connectivity index (χ4v) is 1.74. The summed E-state index contributed by atoms with van der Waals surface area (Å²) < 4.78 is 0. The zero-order valence-electron chi connectivity index (χ0n) is 8.10. The molecule has 0 saturated carbocycles. The molecule has 3 heteroatoms. The summed E-state index contributed by atoms with van der Waals surface area (Å²) in [6.07, 6.45) is 0. The highest BCUT2D eigenvalue weighted by Crippen LogP contribution is 2.22. The van der Waals surface area contributed by atoms with Gasteiger partial charge in [-0.1, -0.05) is 36.4 Å². The standard InChI is InChI=1S/C12H11NO2/c13-7-9-6-5-8-3-1-2-4-10(8)11(9)12(14)15/h1-6H,7,13H2,(H,14,15). The van der Waals surface area contributed by atoms with E-state index in [1.807, 2.05) is 24.3 Å². The van der Waals surface area contributed by atoms with Crippen molar-refractivity contribution in [3.8, 4) is 0 Å². The van der Waals surface area contributed by atoms with Crippen LogP contribution in [0, 0.1) is 0 Å². The van der Waals surface area contributed by atoms with Crippen LogP contribution in [-0.2, 0) is 6.54 Å². The van der Waals surface area contributed by atoms with Crippen LogP contribution in [0.2, 0.25) is 0 Å². The van der Waals surface area contributed by atoms with Crippen molar-refractivity contribution in [1.82, 2.24) is 0 Å². The summed E-state index contributed by atoms with van der Waals surface area (Å²) in [5, 5.41) is 10.8. The number of nitrogens with two attached hydrogens (primary N) is 1. The van der Waals surface area contributed by atoms with Gasteiger partial charge in [-0.05, 0) is 16.3 Å². The molecule has 0 spiro atoms. The Bertz CT molecular complexity index is 520. The van der Waals surface area contributed by atoms with Crippen LogP contribution in [0.15, 0.2) is 36.4 Å². The zero-order chi connectivity index (χ0) is 10.8. The van der Waals surface area contributed by atoms with E-state index in [4.69, 9.17) is 10.8 Å². The van der Waals surface area contributed by atoms with Crippen LogP contribution < -0.4 is 5.73 Å². The first-order valence-electron chi connectivity index (χ1n) is 4.68. The summed E-state index contributed by atoms with van der Waals surface area (Å²) in [5.41, 5.74) is 6.50. The Morgan fingerprint density at radius 1 is 1.20 bits per heavy atom. The Hall–Kier alpha value is -1.87. The summed E-state index contributed by atoms with van der Waals surface area (Å²) in [7, 11) is 0. The minimum atomic E-state index is -0.924. The second-order valence-corrected chi connectivity index (χ2v) is 3.33. The van der Waals surface area contributed by atoms with Gasteiger partial charge in [0.1, 0.15) is 0 Å². The number of rotatable bonds is 2. The first kappa shape index (κ1) is 9.68. The lowest BCUT2D eigenvalue weighted by Crippen LogP contribution is -2.07. The Morgan fingerprint density at radius 3 is 2.60 bits per heavy atom. The van der Waals surface area contributed by atoms with Crippen LogP contribution in [0.1, 0.15) is 15.9 Å². The van der Waals surface area contributed by atoms with Crippen LogP contribution in [-0.4, -0.2) is 11.1 Å². The van der Waals surface area contributed by atoms with E-state index in [0.29, 0.717) is 11.1 Å². The van der Waals surface area contributed by atoms with E-state index in [-0.39, 0.29) is 6.54 Å². The summed E-state index contributed by atoms with van der Waals surface area (Å²) >= 11 is 0. The van der Waals surface area contributed by atoms with Crippen molar-refractivity contribution >= 4 is 16.7 Å². The van der Waals surface area contributed by atoms with Gasteiger partial charge in [0, 0.05) is 6.54 Å². The van der Waals surface area contributed by atoms with Gasteiger partial charge in [-0.2, -0.15) is 0 Å². The number of carbonyl (C=O) groups is 1. The van der Waals surface area contributed by atoms with Crippen LogP contribution >= 0.6 is 0 Å². The van der Waals surface area contributed by atoms with Gasteiger partial charge in [0.2, 0.25) is 0 Å². The first-order chi connectivity index (χ1) is 7.24. The highest BCUT2D eigenvalue weighted by molar-refractivity contribution is 6.05. The van der Waals surface area contributed by atoms with Crippen LogP contribution in [0.4, 0.5) is 0 Å². The third-order valence-electron chi connectivity index (χ3n) is 2.45. The molecule has 0 atom stereocenters. The third-order valence-corrected chi connectivity index (χ3v) is 2.45. The molecule has 2 aromatic rings. The molecule has 0 unspecified atom stereocenters. The van der Waals surface area contributed by atoms with Gasteiger partial charge < -0.3 is 10.8 Å². The molecule has 76 valence electrons. The Balaban J connectivity index is 2.85. The van der Waals surface area contributed by atoms with Gasteiger partial charge in [-0.15, -0.1) is 0 Å². The zero-order valence-corrected chi connectivity index (χ0v) is 8.10. The van der Waals surface area contributed by atoms with Crippen molar-refractivity contribution in [3.05, 3.63) is 47.5 Å². The predicted octanol–water partition coefficient (Wildman–Crippen LogP) is 2.00. The van der Waals surface area contributed by atoms with Gasteiger partial charge in [0.25, 0.3) is 0 Å². The van der Waals surface area contributed by atoms with Gasteiger partial charge in [-0.3, -0.25) is 0 Å². The Labute approximate surface area is 87.1 Å².